The van der Waals surface area contributed by atoms with E-state index in [-0.39, 0.29) is 29.8 Å². The summed E-state index contributed by atoms with van der Waals surface area (Å²) in [6.45, 7) is 4.50. The lowest BCUT2D eigenvalue weighted by Crippen LogP contribution is -2.50. The predicted molar refractivity (Wildman–Crippen MR) is 65.3 cm³/mol. The second-order valence-electron chi connectivity index (χ2n) is 5.17. The Labute approximate surface area is 102 Å². The van der Waals surface area contributed by atoms with Crippen LogP contribution in [0.2, 0.25) is 0 Å². The Kier molecular flexibility index (Phi) is 3.50. The standard InChI is InChI=1S/C13H20N2O2/c1-9(2)12-13(17)15(8-7-11(16)14-12)10-5-3-4-6-10/h3-4,9-10,12H,5-8H2,1-2H3,(H,14,16). The molecule has 2 rings (SSSR count). The fraction of sp³-hybridized carbons (Fsp3) is 0.692. The van der Waals surface area contributed by atoms with E-state index in [0.29, 0.717) is 13.0 Å². The van der Waals surface area contributed by atoms with Crippen LogP contribution in [0.3, 0.4) is 0 Å². The van der Waals surface area contributed by atoms with E-state index in [1.165, 1.54) is 0 Å². The first-order valence-electron chi connectivity index (χ1n) is 6.34. The van der Waals surface area contributed by atoms with E-state index < -0.39 is 0 Å². The molecule has 1 atom stereocenters. The molecule has 0 radical (unpaired) electrons. The second kappa shape index (κ2) is 4.90. The third-order valence-electron chi connectivity index (χ3n) is 3.54. The summed E-state index contributed by atoms with van der Waals surface area (Å²) < 4.78 is 0. The molecule has 0 saturated carbocycles. The lowest BCUT2D eigenvalue weighted by Gasteiger charge is -2.30. The Morgan fingerprint density at radius 1 is 1.29 bits per heavy atom. The zero-order valence-electron chi connectivity index (χ0n) is 10.5. The van der Waals surface area contributed by atoms with E-state index in [4.69, 9.17) is 0 Å². The molecule has 1 N–H and O–H groups in total. The van der Waals surface area contributed by atoms with Gasteiger partial charge < -0.3 is 10.2 Å². The number of amides is 2. The van der Waals surface area contributed by atoms with Gasteiger partial charge in [0.25, 0.3) is 0 Å². The van der Waals surface area contributed by atoms with Crippen LogP contribution < -0.4 is 5.32 Å². The third kappa shape index (κ3) is 2.51. The Balaban J connectivity index is 2.14. The molecule has 0 aromatic heterocycles. The summed E-state index contributed by atoms with van der Waals surface area (Å²) in [5, 5.41) is 2.83. The van der Waals surface area contributed by atoms with Gasteiger partial charge in [0.1, 0.15) is 6.04 Å². The van der Waals surface area contributed by atoms with Crippen molar-refractivity contribution in [2.45, 2.75) is 45.2 Å². The largest absolute Gasteiger partial charge is 0.344 e. The van der Waals surface area contributed by atoms with Crippen molar-refractivity contribution in [2.75, 3.05) is 6.54 Å². The molecular weight excluding hydrogens is 216 g/mol. The zero-order valence-corrected chi connectivity index (χ0v) is 10.5. The molecule has 1 aliphatic carbocycles. The molecule has 0 bridgehead atoms. The van der Waals surface area contributed by atoms with Crippen LogP contribution in [0.5, 0.6) is 0 Å². The fourth-order valence-electron chi connectivity index (χ4n) is 2.49. The number of nitrogens with one attached hydrogen (secondary N) is 1. The lowest BCUT2D eigenvalue weighted by atomic mass is 10.0. The van der Waals surface area contributed by atoms with Crippen molar-refractivity contribution >= 4 is 11.8 Å². The molecule has 1 heterocycles. The number of nitrogens with zero attached hydrogens (tertiary/aromatic N) is 1. The average Bonchev–Trinajstić information content (AvgIpc) is 2.74. The van der Waals surface area contributed by atoms with Crippen LogP contribution in [-0.2, 0) is 9.59 Å². The minimum atomic E-state index is -0.356. The van der Waals surface area contributed by atoms with Crippen LogP contribution in [-0.4, -0.2) is 35.3 Å². The van der Waals surface area contributed by atoms with Crippen molar-refractivity contribution in [3.05, 3.63) is 12.2 Å². The first-order valence-corrected chi connectivity index (χ1v) is 6.34. The Morgan fingerprint density at radius 3 is 2.53 bits per heavy atom. The van der Waals surface area contributed by atoms with E-state index in [9.17, 15) is 9.59 Å². The molecule has 94 valence electrons. The Hall–Kier alpha value is -1.32. The van der Waals surface area contributed by atoms with Gasteiger partial charge in [-0.2, -0.15) is 0 Å². The normalized spacial score (nSPS) is 26.5. The van der Waals surface area contributed by atoms with Crippen LogP contribution in [0.1, 0.15) is 33.1 Å². The molecule has 2 amide bonds. The zero-order chi connectivity index (χ0) is 12.4. The second-order valence-corrected chi connectivity index (χ2v) is 5.17. The highest BCUT2D eigenvalue weighted by atomic mass is 16.2. The molecule has 0 aromatic carbocycles. The maximum absolute atomic E-state index is 12.4. The van der Waals surface area contributed by atoms with E-state index in [0.717, 1.165) is 12.8 Å². The summed E-state index contributed by atoms with van der Waals surface area (Å²) in [7, 11) is 0. The minimum Gasteiger partial charge on any atom is -0.344 e. The summed E-state index contributed by atoms with van der Waals surface area (Å²) >= 11 is 0. The SMILES string of the molecule is CC(C)C1NC(=O)CCN(C2CC=CC2)C1=O. The van der Waals surface area contributed by atoms with Gasteiger partial charge in [0.15, 0.2) is 0 Å². The highest BCUT2D eigenvalue weighted by molar-refractivity contribution is 5.90. The van der Waals surface area contributed by atoms with Crippen molar-refractivity contribution < 1.29 is 9.59 Å². The number of carbonyl (C=O) groups excluding carboxylic acids is 2. The first-order chi connectivity index (χ1) is 8.09. The van der Waals surface area contributed by atoms with Crippen molar-refractivity contribution in [1.29, 1.82) is 0 Å². The first kappa shape index (κ1) is 12.1. The van der Waals surface area contributed by atoms with Crippen LogP contribution in [0, 0.1) is 5.92 Å². The third-order valence-corrected chi connectivity index (χ3v) is 3.54. The van der Waals surface area contributed by atoms with E-state index >= 15 is 0 Å². The number of hydrogen-bond donors (Lipinski definition) is 1. The van der Waals surface area contributed by atoms with E-state index in [2.05, 4.69) is 17.5 Å². The van der Waals surface area contributed by atoms with Gasteiger partial charge in [0.2, 0.25) is 11.8 Å². The molecular formula is C13H20N2O2. The molecule has 4 heteroatoms. The lowest BCUT2D eigenvalue weighted by molar-refractivity contribution is -0.136. The minimum absolute atomic E-state index is 0.00879. The summed E-state index contributed by atoms with van der Waals surface area (Å²) in [5.74, 6) is 0.214. The molecule has 2 aliphatic rings. The highest BCUT2D eigenvalue weighted by Gasteiger charge is 2.35. The molecule has 1 fully saturated rings. The fourth-order valence-corrected chi connectivity index (χ4v) is 2.49. The monoisotopic (exact) mass is 236 g/mol. The summed E-state index contributed by atoms with van der Waals surface area (Å²) in [5.41, 5.74) is 0. The number of rotatable bonds is 2. The Morgan fingerprint density at radius 2 is 1.94 bits per heavy atom. The highest BCUT2D eigenvalue weighted by Crippen LogP contribution is 2.21. The van der Waals surface area contributed by atoms with Gasteiger partial charge in [-0.3, -0.25) is 9.59 Å². The van der Waals surface area contributed by atoms with Crippen LogP contribution >= 0.6 is 0 Å². The summed E-state index contributed by atoms with van der Waals surface area (Å²) in [6, 6.07) is -0.0953. The van der Waals surface area contributed by atoms with E-state index in [1.54, 1.807) is 0 Å². The topological polar surface area (TPSA) is 49.4 Å². The van der Waals surface area contributed by atoms with Gasteiger partial charge in [0.05, 0.1) is 0 Å². The number of carbonyl (C=O) groups is 2. The van der Waals surface area contributed by atoms with Crippen LogP contribution in [0.4, 0.5) is 0 Å². The van der Waals surface area contributed by atoms with Crippen molar-refractivity contribution in [3.63, 3.8) is 0 Å². The molecule has 1 aliphatic heterocycles. The summed E-state index contributed by atoms with van der Waals surface area (Å²) in [4.78, 5) is 25.9. The van der Waals surface area contributed by atoms with Gasteiger partial charge in [-0.25, -0.2) is 0 Å². The van der Waals surface area contributed by atoms with Crippen molar-refractivity contribution in [1.82, 2.24) is 10.2 Å². The molecule has 1 saturated heterocycles. The maximum Gasteiger partial charge on any atom is 0.245 e. The quantitative estimate of drug-likeness (QED) is 0.729. The van der Waals surface area contributed by atoms with Crippen molar-refractivity contribution in [2.24, 2.45) is 5.92 Å². The van der Waals surface area contributed by atoms with Gasteiger partial charge in [0, 0.05) is 19.0 Å². The molecule has 4 nitrogen and oxygen atoms in total. The number of hydrogen-bond acceptors (Lipinski definition) is 2. The molecule has 1 unspecified atom stereocenters. The summed E-state index contributed by atoms with van der Waals surface area (Å²) in [6.07, 6.45) is 6.49. The average molecular weight is 236 g/mol. The van der Waals surface area contributed by atoms with Gasteiger partial charge in [-0.15, -0.1) is 0 Å². The smallest absolute Gasteiger partial charge is 0.245 e. The van der Waals surface area contributed by atoms with Gasteiger partial charge in [-0.05, 0) is 18.8 Å². The van der Waals surface area contributed by atoms with Gasteiger partial charge >= 0.3 is 0 Å². The molecule has 17 heavy (non-hydrogen) atoms. The molecule has 0 aromatic rings. The maximum atomic E-state index is 12.4. The molecule has 0 spiro atoms. The predicted octanol–water partition coefficient (Wildman–Crippen LogP) is 1.08. The van der Waals surface area contributed by atoms with Crippen LogP contribution in [0.25, 0.3) is 0 Å². The van der Waals surface area contributed by atoms with E-state index in [1.807, 2.05) is 18.7 Å². The Bertz CT molecular complexity index is 341. The van der Waals surface area contributed by atoms with Crippen LogP contribution in [0.15, 0.2) is 12.2 Å². The van der Waals surface area contributed by atoms with Gasteiger partial charge in [-0.1, -0.05) is 26.0 Å². The van der Waals surface area contributed by atoms with Crippen molar-refractivity contribution in [3.8, 4) is 0 Å².